The van der Waals surface area contributed by atoms with E-state index in [2.05, 4.69) is 12.0 Å². The first-order valence-electron chi connectivity index (χ1n) is 8.03. The SMILES string of the molecule is CCOC1(C(O)Cc2cnn(CC)c2)CCCCCC1. The Balaban J connectivity index is 2.07. The number of hydrogen-bond donors (Lipinski definition) is 1. The number of hydrogen-bond acceptors (Lipinski definition) is 3. The van der Waals surface area contributed by atoms with Crippen molar-refractivity contribution >= 4 is 0 Å². The third kappa shape index (κ3) is 3.61. The molecule has 114 valence electrons. The quantitative estimate of drug-likeness (QED) is 0.815. The van der Waals surface area contributed by atoms with Gasteiger partial charge in [0.1, 0.15) is 0 Å². The molecule has 1 saturated carbocycles. The van der Waals surface area contributed by atoms with Crippen LogP contribution in [0.15, 0.2) is 12.4 Å². The van der Waals surface area contributed by atoms with Crippen molar-refractivity contribution in [2.24, 2.45) is 0 Å². The van der Waals surface area contributed by atoms with Crippen molar-refractivity contribution in [3.8, 4) is 0 Å². The summed E-state index contributed by atoms with van der Waals surface area (Å²) in [4.78, 5) is 0. The molecule has 1 aromatic rings. The first kappa shape index (κ1) is 15.5. The van der Waals surface area contributed by atoms with Crippen LogP contribution in [0.2, 0.25) is 0 Å². The van der Waals surface area contributed by atoms with Crippen LogP contribution in [0.4, 0.5) is 0 Å². The molecule has 0 aromatic carbocycles. The van der Waals surface area contributed by atoms with Crippen LogP contribution in [0, 0.1) is 0 Å². The molecule has 0 aliphatic heterocycles. The minimum Gasteiger partial charge on any atom is -0.390 e. The maximum atomic E-state index is 10.8. The second-order valence-electron chi connectivity index (χ2n) is 5.84. The summed E-state index contributed by atoms with van der Waals surface area (Å²) in [6, 6.07) is 0. The zero-order chi connectivity index (χ0) is 14.4. The van der Waals surface area contributed by atoms with E-state index < -0.39 is 6.10 Å². The van der Waals surface area contributed by atoms with Crippen LogP contribution in [0.1, 0.15) is 57.9 Å². The molecule has 0 spiro atoms. The molecule has 1 fully saturated rings. The summed E-state index contributed by atoms with van der Waals surface area (Å²) in [5, 5.41) is 15.0. The topological polar surface area (TPSA) is 47.3 Å². The van der Waals surface area contributed by atoms with E-state index in [9.17, 15) is 5.11 Å². The Morgan fingerprint density at radius 1 is 1.30 bits per heavy atom. The van der Waals surface area contributed by atoms with Crippen molar-refractivity contribution in [2.75, 3.05) is 6.61 Å². The Labute approximate surface area is 122 Å². The van der Waals surface area contributed by atoms with E-state index in [1.54, 1.807) is 0 Å². The van der Waals surface area contributed by atoms with Crippen LogP contribution < -0.4 is 0 Å². The van der Waals surface area contributed by atoms with E-state index in [1.165, 1.54) is 12.8 Å². The molecular formula is C16H28N2O2. The zero-order valence-electron chi connectivity index (χ0n) is 12.8. The van der Waals surface area contributed by atoms with Crippen LogP contribution in [-0.2, 0) is 17.7 Å². The summed E-state index contributed by atoms with van der Waals surface area (Å²) in [6.07, 6.45) is 10.9. The maximum absolute atomic E-state index is 10.8. The Bertz CT molecular complexity index is 395. The van der Waals surface area contributed by atoms with Crippen molar-refractivity contribution in [3.63, 3.8) is 0 Å². The van der Waals surface area contributed by atoms with Crippen molar-refractivity contribution in [2.45, 2.75) is 77.0 Å². The smallest absolute Gasteiger partial charge is 0.0943 e. The standard InChI is InChI=1S/C16H28N2O2/c1-3-18-13-14(12-17-18)11-15(19)16(20-4-2)9-7-5-6-8-10-16/h12-13,15,19H,3-11H2,1-2H3. The molecule has 0 amide bonds. The van der Waals surface area contributed by atoms with Crippen molar-refractivity contribution in [1.82, 2.24) is 9.78 Å². The average Bonchev–Trinajstić information content (AvgIpc) is 2.76. The normalized spacial score (nSPS) is 20.6. The van der Waals surface area contributed by atoms with Crippen molar-refractivity contribution in [1.29, 1.82) is 0 Å². The number of ether oxygens (including phenoxy) is 1. The second-order valence-corrected chi connectivity index (χ2v) is 5.84. The molecule has 20 heavy (non-hydrogen) atoms. The fourth-order valence-corrected chi connectivity index (χ4v) is 3.28. The molecule has 1 N–H and O–H groups in total. The van der Waals surface area contributed by atoms with Crippen LogP contribution in [0.25, 0.3) is 0 Å². The molecule has 1 aliphatic carbocycles. The molecule has 1 aliphatic rings. The minimum atomic E-state index is -0.435. The lowest BCUT2D eigenvalue weighted by Crippen LogP contribution is -2.45. The first-order valence-corrected chi connectivity index (χ1v) is 8.03. The number of aromatic nitrogens is 2. The monoisotopic (exact) mass is 280 g/mol. The highest BCUT2D eigenvalue weighted by molar-refractivity contribution is 5.08. The number of aliphatic hydroxyl groups excluding tert-OH is 1. The molecule has 2 rings (SSSR count). The molecule has 4 heteroatoms. The molecule has 0 saturated heterocycles. The lowest BCUT2D eigenvalue weighted by atomic mass is 9.85. The fraction of sp³-hybridized carbons (Fsp3) is 0.812. The molecule has 1 aromatic heterocycles. The van der Waals surface area contributed by atoms with Gasteiger partial charge >= 0.3 is 0 Å². The van der Waals surface area contributed by atoms with E-state index in [0.717, 1.165) is 37.8 Å². The van der Waals surface area contributed by atoms with Gasteiger partial charge in [-0.05, 0) is 32.3 Å². The number of rotatable bonds is 6. The van der Waals surface area contributed by atoms with Crippen molar-refractivity contribution < 1.29 is 9.84 Å². The third-order valence-corrected chi connectivity index (χ3v) is 4.43. The van der Waals surface area contributed by atoms with E-state index >= 15 is 0 Å². The summed E-state index contributed by atoms with van der Waals surface area (Å²) >= 11 is 0. The largest absolute Gasteiger partial charge is 0.390 e. The predicted molar refractivity (Wildman–Crippen MR) is 79.7 cm³/mol. The van der Waals surface area contributed by atoms with Gasteiger partial charge in [-0.2, -0.15) is 5.10 Å². The lowest BCUT2D eigenvalue weighted by molar-refractivity contribution is -0.128. The summed E-state index contributed by atoms with van der Waals surface area (Å²) in [5.41, 5.74) is 0.752. The summed E-state index contributed by atoms with van der Waals surface area (Å²) in [6.45, 7) is 5.63. The molecule has 0 radical (unpaired) electrons. The highest BCUT2D eigenvalue weighted by Crippen LogP contribution is 2.34. The Morgan fingerprint density at radius 2 is 2.00 bits per heavy atom. The maximum Gasteiger partial charge on any atom is 0.0943 e. The van der Waals surface area contributed by atoms with Gasteiger partial charge in [0, 0.05) is 25.8 Å². The van der Waals surface area contributed by atoms with Gasteiger partial charge in [0.25, 0.3) is 0 Å². The number of aliphatic hydroxyl groups is 1. The highest BCUT2D eigenvalue weighted by Gasteiger charge is 2.38. The number of nitrogens with zero attached hydrogens (tertiary/aromatic N) is 2. The second kappa shape index (κ2) is 7.23. The first-order chi connectivity index (χ1) is 9.70. The van der Waals surface area contributed by atoms with Crippen LogP contribution in [0.5, 0.6) is 0 Å². The van der Waals surface area contributed by atoms with Gasteiger partial charge in [0.15, 0.2) is 0 Å². The summed E-state index contributed by atoms with van der Waals surface area (Å²) in [5.74, 6) is 0. The predicted octanol–water partition coefficient (Wildman–Crippen LogP) is 2.94. The Hall–Kier alpha value is -0.870. The van der Waals surface area contributed by atoms with Gasteiger partial charge in [-0.25, -0.2) is 0 Å². The fourth-order valence-electron chi connectivity index (χ4n) is 3.28. The van der Waals surface area contributed by atoms with Gasteiger partial charge < -0.3 is 9.84 Å². The van der Waals surface area contributed by atoms with Crippen LogP contribution >= 0.6 is 0 Å². The molecule has 1 unspecified atom stereocenters. The van der Waals surface area contributed by atoms with Crippen LogP contribution in [0.3, 0.4) is 0 Å². The van der Waals surface area contributed by atoms with E-state index in [-0.39, 0.29) is 5.60 Å². The van der Waals surface area contributed by atoms with E-state index in [1.807, 2.05) is 24.0 Å². The minimum absolute atomic E-state index is 0.348. The lowest BCUT2D eigenvalue weighted by Gasteiger charge is -2.37. The van der Waals surface area contributed by atoms with Gasteiger partial charge in [-0.1, -0.05) is 25.7 Å². The van der Waals surface area contributed by atoms with Gasteiger partial charge in [0.05, 0.1) is 17.9 Å². The Morgan fingerprint density at radius 3 is 2.55 bits per heavy atom. The van der Waals surface area contributed by atoms with Gasteiger partial charge in [-0.3, -0.25) is 4.68 Å². The van der Waals surface area contributed by atoms with Gasteiger partial charge in [-0.15, -0.1) is 0 Å². The third-order valence-electron chi connectivity index (χ3n) is 4.43. The van der Waals surface area contributed by atoms with Gasteiger partial charge in [0.2, 0.25) is 0 Å². The number of aryl methyl sites for hydroxylation is 1. The molecular weight excluding hydrogens is 252 g/mol. The van der Waals surface area contributed by atoms with E-state index in [0.29, 0.717) is 13.0 Å². The van der Waals surface area contributed by atoms with E-state index in [4.69, 9.17) is 4.74 Å². The highest BCUT2D eigenvalue weighted by atomic mass is 16.5. The molecule has 0 bridgehead atoms. The van der Waals surface area contributed by atoms with Crippen molar-refractivity contribution in [3.05, 3.63) is 18.0 Å². The summed E-state index contributed by atoms with van der Waals surface area (Å²) < 4.78 is 7.95. The molecule has 1 atom stereocenters. The van der Waals surface area contributed by atoms with Crippen LogP contribution in [-0.4, -0.2) is 33.2 Å². The average molecular weight is 280 g/mol. The summed E-state index contributed by atoms with van der Waals surface area (Å²) in [7, 11) is 0. The Kier molecular flexibility index (Phi) is 5.61. The zero-order valence-corrected chi connectivity index (χ0v) is 12.8. The molecule has 1 heterocycles. The molecule has 4 nitrogen and oxygen atoms in total.